The third-order valence-electron chi connectivity index (χ3n) is 9.30. The second-order valence-electron chi connectivity index (χ2n) is 13.0. The average Bonchev–Trinajstić information content (AvgIpc) is 3.65. The Morgan fingerprint density at radius 3 is 2.44 bits per heavy atom. The average molecular weight is 733 g/mol. The van der Waals surface area contributed by atoms with Gasteiger partial charge in [-0.25, -0.2) is 13.8 Å². The highest BCUT2D eigenvalue weighted by Crippen LogP contribution is 2.43. The molecule has 2 aliphatic rings. The Hall–Kier alpha value is -5.11. The van der Waals surface area contributed by atoms with Crippen LogP contribution in [0.4, 0.5) is 46.8 Å². The number of alkyl halides is 8. The third kappa shape index (κ3) is 7.43. The number of likely N-dealkylation sites (tertiary alicyclic amines) is 1. The second kappa shape index (κ2) is 13.8. The molecular formula is C35H32F8N8O. The lowest BCUT2D eigenvalue weighted by atomic mass is 9.94. The van der Waals surface area contributed by atoms with Gasteiger partial charge in [-0.15, -0.1) is 10.2 Å². The van der Waals surface area contributed by atoms with Gasteiger partial charge in [-0.1, -0.05) is 6.92 Å². The number of nitrogens with one attached hydrogen (secondary N) is 1. The summed E-state index contributed by atoms with van der Waals surface area (Å²) in [6.07, 6.45) is -8.12. The van der Waals surface area contributed by atoms with Gasteiger partial charge in [0.05, 0.1) is 23.7 Å². The molecule has 52 heavy (non-hydrogen) atoms. The van der Waals surface area contributed by atoms with Gasteiger partial charge in [0, 0.05) is 63.1 Å². The predicted octanol–water partition coefficient (Wildman–Crippen LogP) is 7.93. The summed E-state index contributed by atoms with van der Waals surface area (Å²) in [7, 11) is 1.60. The molecule has 2 aliphatic heterocycles. The lowest BCUT2D eigenvalue weighted by Crippen LogP contribution is -2.45. The molecule has 4 aromatic rings. The fourth-order valence-corrected chi connectivity index (χ4v) is 6.53. The highest BCUT2D eigenvalue weighted by molar-refractivity contribution is 6.10. The fourth-order valence-electron chi connectivity index (χ4n) is 6.53. The number of amides is 1. The van der Waals surface area contributed by atoms with Crippen molar-refractivity contribution >= 4 is 17.5 Å². The lowest BCUT2D eigenvalue weighted by Gasteiger charge is -2.36. The van der Waals surface area contributed by atoms with Crippen LogP contribution in [0.1, 0.15) is 58.8 Å². The van der Waals surface area contributed by atoms with Crippen molar-refractivity contribution in [2.75, 3.05) is 29.9 Å². The Kier molecular flexibility index (Phi) is 9.73. The summed E-state index contributed by atoms with van der Waals surface area (Å²) in [4.78, 5) is 21.1. The molecule has 2 aromatic heterocycles. The largest absolute Gasteiger partial charge is 0.416 e. The van der Waals surface area contributed by atoms with Gasteiger partial charge >= 0.3 is 12.4 Å². The van der Waals surface area contributed by atoms with Crippen molar-refractivity contribution in [3.63, 3.8) is 0 Å². The number of aryl methyl sites for hydroxylation is 1. The smallest absolute Gasteiger partial charge is 0.370 e. The molecule has 1 fully saturated rings. The van der Waals surface area contributed by atoms with E-state index >= 15 is 0 Å². The number of rotatable bonds is 9. The normalized spacial score (nSPS) is 17.7. The van der Waals surface area contributed by atoms with Crippen molar-refractivity contribution < 1.29 is 39.9 Å². The Balaban J connectivity index is 1.43. The number of fused-ring (bicyclic) bond motifs is 1. The van der Waals surface area contributed by atoms with E-state index in [-0.39, 0.29) is 83.4 Å². The number of benzene rings is 2. The Labute approximate surface area is 292 Å². The molecule has 0 bridgehead atoms. The van der Waals surface area contributed by atoms with Gasteiger partial charge in [0.25, 0.3) is 11.8 Å². The summed E-state index contributed by atoms with van der Waals surface area (Å²) in [5.41, 5.74) is -2.02. The van der Waals surface area contributed by atoms with E-state index in [9.17, 15) is 39.9 Å². The molecule has 0 aliphatic carbocycles. The maximum atomic E-state index is 14.5. The van der Waals surface area contributed by atoms with Crippen LogP contribution in [0.2, 0.25) is 0 Å². The minimum atomic E-state index is -4.87. The molecule has 9 nitrogen and oxygen atoms in total. The summed E-state index contributed by atoms with van der Waals surface area (Å²) < 4.78 is 115. The van der Waals surface area contributed by atoms with Crippen LogP contribution in [0.3, 0.4) is 0 Å². The van der Waals surface area contributed by atoms with Crippen molar-refractivity contribution in [1.29, 1.82) is 5.26 Å². The number of aromatic nitrogens is 4. The summed E-state index contributed by atoms with van der Waals surface area (Å²) in [6, 6.07) is 10.1. The van der Waals surface area contributed by atoms with Crippen LogP contribution in [-0.4, -0.2) is 56.1 Å². The first kappa shape index (κ1) is 36.7. The number of anilines is 2. The molecule has 2 aromatic carbocycles. The fraction of sp³-hybridized carbons (Fsp3) is 0.400. The lowest BCUT2D eigenvalue weighted by molar-refractivity contribution is -0.138. The van der Waals surface area contributed by atoms with Crippen molar-refractivity contribution in [3.05, 3.63) is 76.6 Å². The molecule has 1 amide bonds. The van der Waals surface area contributed by atoms with Gasteiger partial charge < -0.3 is 9.88 Å². The molecule has 6 rings (SSSR count). The highest BCUT2D eigenvalue weighted by Gasteiger charge is 2.43. The van der Waals surface area contributed by atoms with Gasteiger partial charge in [0.2, 0.25) is 0 Å². The molecule has 4 heterocycles. The molecular weight excluding hydrogens is 700 g/mol. The number of unbranched alkanes of at least 4 members (excludes halogenated alkanes) is 1. The van der Waals surface area contributed by atoms with E-state index in [1.54, 1.807) is 11.9 Å². The van der Waals surface area contributed by atoms with Crippen LogP contribution in [0.25, 0.3) is 22.5 Å². The number of hydrogen-bond donors (Lipinski definition) is 1. The van der Waals surface area contributed by atoms with Gasteiger partial charge in [-0.05, 0) is 71.1 Å². The maximum Gasteiger partial charge on any atom is 0.416 e. The van der Waals surface area contributed by atoms with E-state index in [4.69, 9.17) is 5.26 Å². The van der Waals surface area contributed by atoms with Crippen molar-refractivity contribution in [3.8, 4) is 28.6 Å². The van der Waals surface area contributed by atoms with Gasteiger partial charge in [0.15, 0.2) is 5.82 Å². The van der Waals surface area contributed by atoms with E-state index in [1.165, 1.54) is 42.1 Å². The van der Waals surface area contributed by atoms with E-state index in [0.29, 0.717) is 6.42 Å². The molecule has 0 saturated carbocycles. The summed E-state index contributed by atoms with van der Waals surface area (Å²) in [6.45, 7) is 0.884. The molecule has 1 saturated heterocycles. The van der Waals surface area contributed by atoms with Crippen LogP contribution in [0.15, 0.2) is 48.8 Å². The maximum absolute atomic E-state index is 14.5. The summed E-state index contributed by atoms with van der Waals surface area (Å²) >= 11 is 0. The zero-order valence-corrected chi connectivity index (χ0v) is 27.9. The Bertz CT molecular complexity index is 2030. The van der Waals surface area contributed by atoms with Crippen molar-refractivity contribution in [2.24, 2.45) is 13.0 Å². The van der Waals surface area contributed by atoms with Crippen LogP contribution >= 0.6 is 0 Å². The van der Waals surface area contributed by atoms with Crippen molar-refractivity contribution in [2.45, 2.75) is 57.6 Å². The van der Waals surface area contributed by atoms with E-state index in [1.807, 2.05) is 6.07 Å². The SMILES string of the molecule is C[C@H]1CN(Cc2cc3c(c(C(F)(F)F)c2)CN(c2cc(-c4cc(C(F)(F)F)ccc4-c4nncn4C)cc(NCCCC#N)n2)C3=O)CCC1(F)F. The van der Waals surface area contributed by atoms with Gasteiger partial charge in [-0.2, -0.15) is 31.6 Å². The number of nitriles is 1. The van der Waals surface area contributed by atoms with E-state index in [0.717, 1.165) is 23.1 Å². The number of hydrogen-bond acceptors (Lipinski definition) is 7. The molecule has 1 N–H and O–H groups in total. The number of piperidine rings is 1. The zero-order valence-electron chi connectivity index (χ0n) is 27.9. The number of halogens is 8. The first-order valence-electron chi connectivity index (χ1n) is 16.3. The minimum absolute atomic E-state index is 0.0391. The van der Waals surface area contributed by atoms with Crippen LogP contribution < -0.4 is 10.2 Å². The molecule has 0 spiro atoms. The quantitative estimate of drug-likeness (QED) is 0.138. The monoisotopic (exact) mass is 732 g/mol. The Morgan fingerprint density at radius 2 is 1.79 bits per heavy atom. The van der Waals surface area contributed by atoms with Gasteiger partial charge in [-0.3, -0.25) is 14.6 Å². The molecule has 1 atom stereocenters. The van der Waals surface area contributed by atoms with Crippen LogP contribution in [0.5, 0.6) is 0 Å². The van der Waals surface area contributed by atoms with Crippen molar-refractivity contribution in [1.82, 2.24) is 24.6 Å². The predicted molar refractivity (Wildman–Crippen MR) is 174 cm³/mol. The number of carbonyl (C=O) groups excluding carboxylic acids is 1. The number of carbonyl (C=O) groups is 1. The number of nitrogens with zero attached hydrogens (tertiary/aromatic N) is 7. The Morgan fingerprint density at radius 1 is 1.02 bits per heavy atom. The van der Waals surface area contributed by atoms with Crippen LogP contribution in [-0.2, 0) is 32.5 Å². The summed E-state index contributed by atoms with van der Waals surface area (Å²) in [5, 5.41) is 19.8. The van der Waals surface area contributed by atoms with Gasteiger partial charge in [0.1, 0.15) is 18.0 Å². The topological polar surface area (TPSA) is 103 Å². The standard InChI is InChI=1S/C35H32F8N8O/c1-20-16-50(10-7-33(20,36)37)17-21-11-26-27(28(12-21)35(41,42)43)18-51(32(26)52)30-14-22(13-29(47-30)45-9-4-3-8-44)25-15-23(34(38,39)40)5-6-24(25)31-48-46-19-49(31)2/h5-6,11-15,19-20H,3-4,7,9-10,16-18H2,1-2H3,(H,45,47)/t20-/m0/s1. The first-order valence-corrected chi connectivity index (χ1v) is 16.3. The minimum Gasteiger partial charge on any atom is -0.370 e. The molecule has 0 radical (unpaired) electrons. The molecule has 17 heteroatoms. The third-order valence-corrected chi connectivity index (χ3v) is 9.30. The first-order chi connectivity index (χ1) is 24.5. The molecule has 274 valence electrons. The highest BCUT2D eigenvalue weighted by atomic mass is 19.4. The molecule has 0 unspecified atom stereocenters. The van der Waals surface area contributed by atoms with E-state index < -0.39 is 54.2 Å². The second-order valence-corrected chi connectivity index (χ2v) is 13.0. The number of pyridine rings is 1. The van der Waals surface area contributed by atoms with E-state index in [2.05, 4.69) is 20.5 Å². The zero-order chi connectivity index (χ0) is 37.6. The van der Waals surface area contributed by atoms with Crippen LogP contribution in [0, 0.1) is 17.2 Å². The summed E-state index contributed by atoms with van der Waals surface area (Å²) in [5.74, 6) is -4.53.